The zero-order chi connectivity index (χ0) is 25.5. The molecule has 38 heavy (non-hydrogen) atoms. The summed E-state index contributed by atoms with van der Waals surface area (Å²) in [5.41, 5.74) is 5.51. The van der Waals surface area contributed by atoms with Gasteiger partial charge < -0.3 is 24.8 Å². The van der Waals surface area contributed by atoms with Crippen LogP contribution in [-0.2, 0) is 0 Å². The number of piperidine rings is 1. The first-order valence-electron chi connectivity index (χ1n) is 13.3. The Kier molecular flexibility index (Phi) is 5.90. The number of H-pyrrole nitrogens is 2. The van der Waals surface area contributed by atoms with Gasteiger partial charge >= 0.3 is 0 Å². The molecule has 194 valence electrons. The van der Waals surface area contributed by atoms with Gasteiger partial charge in [-0.1, -0.05) is 0 Å². The number of aromatic amines is 2. The van der Waals surface area contributed by atoms with Crippen molar-refractivity contribution in [3.8, 4) is 28.4 Å². The molecule has 2 aliphatic rings. The van der Waals surface area contributed by atoms with Crippen molar-refractivity contribution in [2.24, 2.45) is 0 Å². The van der Waals surface area contributed by atoms with Crippen LogP contribution in [-0.4, -0.2) is 87.5 Å². The van der Waals surface area contributed by atoms with Crippen molar-refractivity contribution in [2.75, 3.05) is 51.2 Å². The lowest BCUT2D eigenvalue weighted by atomic mass is 10.1. The summed E-state index contributed by atoms with van der Waals surface area (Å²) in [5.74, 6) is 1.81. The van der Waals surface area contributed by atoms with Gasteiger partial charge in [0.15, 0.2) is 0 Å². The van der Waals surface area contributed by atoms with Gasteiger partial charge in [0.1, 0.15) is 23.4 Å². The second-order valence-corrected chi connectivity index (χ2v) is 10.2. The summed E-state index contributed by atoms with van der Waals surface area (Å²) < 4.78 is 6.22. The number of nitrogens with one attached hydrogen (secondary N) is 3. The van der Waals surface area contributed by atoms with Crippen LogP contribution < -0.4 is 15.0 Å². The van der Waals surface area contributed by atoms with E-state index in [0.29, 0.717) is 0 Å². The molecule has 10 heteroatoms. The Hall–Kier alpha value is -4.02. The molecule has 7 rings (SSSR count). The molecule has 0 saturated carbocycles. The van der Waals surface area contributed by atoms with E-state index in [4.69, 9.17) is 9.72 Å². The van der Waals surface area contributed by atoms with Crippen molar-refractivity contribution >= 4 is 27.6 Å². The lowest BCUT2D eigenvalue weighted by Gasteiger charge is -2.33. The van der Waals surface area contributed by atoms with Crippen LogP contribution in [0.1, 0.15) is 12.8 Å². The van der Waals surface area contributed by atoms with E-state index in [1.165, 1.54) is 0 Å². The molecular formula is C28H31N9O. The standard InChI is InChI=1S/C28H31N9O/c1-36-8-10-37(11-9-36)28-22-14-25(33-23(22)4-7-31-28)27-21-13-24(32-17-26(21)34-35-27)18-12-20(16-30-15-18)38-19-2-5-29-6-3-19/h4,7,12-17,19,29,33H,2-3,5-6,8-11H2,1H3,(H,34,35). The third-order valence-electron chi connectivity index (χ3n) is 7.63. The molecule has 0 radical (unpaired) electrons. The van der Waals surface area contributed by atoms with Crippen molar-refractivity contribution in [3.63, 3.8) is 0 Å². The molecule has 2 fully saturated rings. The maximum Gasteiger partial charge on any atom is 0.138 e. The van der Waals surface area contributed by atoms with Crippen LogP contribution >= 0.6 is 0 Å². The smallest absolute Gasteiger partial charge is 0.138 e. The summed E-state index contributed by atoms with van der Waals surface area (Å²) in [6.07, 6.45) is 9.56. The van der Waals surface area contributed by atoms with Gasteiger partial charge in [0.2, 0.25) is 0 Å². The number of hydrogen-bond acceptors (Lipinski definition) is 8. The number of ether oxygens (including phenoxy) is 1. The first-order chi connectivity index (χ1) is 18.7. The molecule has 7 heterocycles. The fraction of sp³-hybridized carbons (Fsp3) is 0.357. The van der Waals surface area contributed by atoms with Crippen LogP contribution in [0.2, 0.25) is 0 Å². The van der Waals surface area contributed by atoms with Gasteiger partial charge in [-0.05, 0) is 57.2 Å². The lowest BCUT2D eigenvalue weighted by Crippen LogP contribution is -2.44. The number of rotatable bonds is 5. The van der Waals surface area contributed by atoms with Crippen molar-refractivity contribution in [1.82, 2.24) is 40.3 Å². The van der Waals surface area contributed by atoms with Crippen molar-refractivity contribution < 1.29 is 4.74 Å². The number of hydrogen-bond donors (Lipinski definition) is 3. The minimum absolute atomic E-state index is 0.219. The van der Waals surface area contributed by atoms with Crippen LogP contribution in [0.15, 0.2) is 49.1 Å². The third kappa shape index (κ3) is 4.35. The molecule has 0 bridgehead atoms. The van der Waals surface area contributed by atoms with Gasteiger partial charge in [-0.3, -0.25) is 15.1 Å². The number of pyridine rings is 3. The average molecular weight is 510 g/mol. The number of aromatic nitrogens is 6. The third-order valence-corrected chi connectivity index (χ3v) is 7.63. The highest BCUT2D eigenvalue weighted by molar-refractivity contribution is 5.99. The van der Waals surface area contributed by atoms with Gasteiger partial charge in [-0.15, -0.1) is 0 Å². The fourth-order valence-electron chi connectivity index (χ4n) is 5.45. The van der Waals surface area contributed by atoms with Crippen molar-refractivity contribution in [2.45, 2.75) is 18.9 Å². The summed E-state index contributed by atoms with van der Waals surface area (Å²) in [7, 11) is 2.17. The summed E-state index contributed by atoms with van der Waals surface area (Å²) in [6, 6.07) is 8.30. The zero-order valence-corrected chi connectivity index (χ0v) is 21.4. The van der Waals surface area contributed by atoms with Gasteiger partial charge in [0, 0.05) is 54.9 Å². The topological polar surface area (TPSA) is 111 Å². The molecule has 0 spiro atoms. The van der Waals surface area contributed by atoms with E-state index in [2.05, 4.69) is 59.4 Å². The number of likely N-dealkylation sites (N-methyl/N-ethyl adjacent to an activating group) is 1. The number of piperazine rings is 1. The SMILES string of the molecule is CN1CCN(c2nccc3[nH]c(-c4n[nH]c5cnc(-c6cncc(OC7CCNCC7)c6)cc45)cc23)CC1. The van der Waals surface area contributed by atoms with Crippen LogP contribution in [0, 0.1) is 0 Å². The molecule has 0 aliphatic carbocycles. The van der Waals surface area contributed by atoms with E-state index in [0.717, 1.165) is 108 Å². The second kappa shape index (κ2) is 9.70. The van der Waals surface area contributed by atoms with Crippen LogP contribution in [0.4, 0.5) is 5.82 Å². The quantitative estimate of drug-likeness (QED) is 0.330. The van der Waals surface area contributed by atoms with Crippen LogP contribution in [0.3, 0.4) is 0 Å². The summed E-state index contributed by atoms with van der Waals surface area (Å²) in [5, 5.41) is 13.3. The molecule has 2 saturated heterocycles. The minimum Gasteiger partial charge on any atom is -0.489 e. The van der Waals surface area contributed by atoms with E-state index >= 15 is 0 Å². The molecular weight excluding hydrogens is 478 g/mol. The van der Waals surface area contributed by atoms with E-state index in [1.54, 1.807) is 6.20 Å². The molecule has 3 N–H and O–H groups in total. The van der Waals surface area contributed by atoms with Crippen molar-refractivity contribution in [3.05, 3.63) is 49.1 Å². The van der Waals surface area contributed by atoms with E-state index in [9.17, 15) is 0 Å². The highest BCUT2D eigenvalue weighted by Crippen LogP contribution is 2.34. The Labute approximate surface area is 220 Å². The summed E-state index contributed by atoms with van der Waals surface area (Å²) in [6.45, 7) is 5.98. The maximum atomic E-state index is 6.22. The summed E-state index contributed by atoms with van der Waals surface area (Å²) >= 11 is 0. The first-order valence-corrected chi connectivity index (χ1v) is 13.3. The predicted molar refractivity (Wildman–Crippen MR) is 148 cm³/mol. The lowest BCUT2D eigenvalue weighted by molar-refractivity contribution is 0.162. The van der Waals surface area contributed by atoms with E-state index in [1.807, 2.05) is 30.7 Å². The van der Waals surface area contributed by atoms with E-state index in [-0.39, 0.29) is 6.10 Å². The Morgan fingerprint density at radius 3 is 2.66 bits per heavy atom. The first kappa shape index (κ1) is 23.1. The highest BCUT2D eigenvalue weighted by Gasteiger charge is 2.20. The molecule has 0 amide bonds. The summed E-state index contributed by atoms with van der Waals surface area (Å²) in [4.78, 5) is 22.2. The average Bonchev–Trinajstić information content (AvgIpc) is 3.58. The molecule has 0 atom stereocenters. The number of anilines is 1. The second-order valence-electron chi connectivity index (χ2n) is 10.2. The minimum atomic E-state index is 0.219. The highest BCUT2D eigenvalue weighted by atomic mass is 16.5. The van der Waals surface area contributed by atoms with Crippen LogP contribution in [0.5, 0.6) is 5.75 Å². The normalized spacial score (nSPS) is 17.4. The number of nitrogens with zero attached hydrogens (tertiary/aromatic N) is 6. The van der Waals surface area contributed by atoms with Gasteiger partial charge in [-0.2, -0.15) is 5.10 Å². The molecule has 2 aliphatic heterocycles. The molecule has 10 nitrogen and oxygen atoms in total. The van der Waals surface area contributed by atoms with Crippen molar-refractivity contribution in [1.29, 1.82) is 0 Å². The predicted octanol–water partition coefficient (Wildman–Crippen LogP) is 3.45. The fourth-order valence-corrected chi connectivity index (χ4v) is 5.45. The van der Waals surface area contributed by atoms with E-state index < -0.39 is 0 Å². The Bertz CT molecular complexity index is 1580. The Balaban J connectivity index is 1.22. The zero-order valence-electron chi connectivity index (χ0n) is 21.4. The largest absolute Gasteiger partial charge is 0.489 e. The molecule has 0 aromatic carbocycles. The maximum absolute atomic E-state index is 6.22. The Morgan fingerprint density at radius 2 is 1.79 bits per heavy atom. The van der Waals surface area contributed by atoms with Gasteiger partial charge in [0.25, 0.3) is 0 Å². The monoisotopic (exact) mass is 509 g/mol. The van der Waals surface area contributed by atoms with Crippen LogP contribution in [0.25, 0.3) is 44.5 Å². The van der Waals surface area contributed by atoms with Gasteiger partial charge in [0.05, 0.1) is 34.8 Å². The molecule has 0 unspecified atom stereocenters. The number of fused-ring (bicyclic) bond motifs is 2. The Morgan fingerprint density at radius 1 is 0.921 bits per heavy atom. The molecule has 5 aromatic rings. The molecule has 5 aromatic heterocycles. The van der Waals surface area contributed by atoms with Gasteiger partial charge in [-0.25, -0.2) is 4.98 Å².